The molecule has 0 amide bonds. The summed E-state index contributed by atoms with van der Waals surface area (Å²) in [6, 6.07) is 73.7. The number of rotatable bonds is 5. The first kappa shape index (κ1) is 35.2. The molecule has 6 nitrogen and oxygen atoms in total. The Morgan fingerprint density at radius 1 is 0.297 bits per heavy atom. The molecule has 0 radical (unpaired) electrons. The van der Waals surface area contributed by atoms with E-state index in [1.807, 2.05) is 18.2 Å². The molecule has 64 heavy (non-hydrogen) atoms. The van der Waals surface area contributed by atoms with E-state index in [1.165, 1.54) is 42.0 Å². The monoisotopic (exact) mass is 834 g/mol. The predicted octanol–water partition coefficient (Wildman–Crippen LogP) is 14.9. The Bertz CT molecular complexity index is 4140. The van der Waals surface area contributed by atoms with Crippen LogP contribution in [0.1, 0.15) is 0 Å². The molecule has 5 heterocycles. The Hall–Kier alpha value is -8.39. The topological polar surface area (TPSA) is 53.5 Å². The maximum Gasteiger partial charge on any atom is 0.238 e. The summed E-state index contributed by atoms with van der Waals surface area (Å²) in [5.74, 6) is 1.81. The highest BCUT2D eigenvalue weighted by Gasteiger charge is 2.24. The summed E-state index contributed by atoms with van der Waals surface area (Å²) >= 11 is 1.80. The lowest BCUT2D eigenvalue weighted by Gasteiger charge is -2.13. The molecule has 0 saturated carbocycles. The van der Waals surface area contributed by atoms with E-state index in [0.29, 0.717) is 17.6 Å². The predicted molar refractivity (Wildman–Crippen MR) is 267 cm³/mol. The van der Waals surface area contributed by atoms with Crippen molar-refractivity contribution in [3.63, 3.8) is 0 Å². The molecule has 0 aliphatic heterocycles. The Labute approximate surface area is 370 Å². The molecular formula is C57H34N6S. The van der Waals surface area contributed by atoms with Crippen molar-refractivity contribution < 1.29 is 0 Å². The van der Waals surface area contributed by atoms with Crippen LogP contribution in [-0.2, 0) is 0 Å². The molecule has 0 N–H and O–H groups in total. The van der Waals surface area contributed by atoms with Crippen molar-refractivity contribution in [3.8, 4) is 40.1 Å². The van der Waals surface area contributed by atoms with Gasteiger partial charge in [0.1, 0.15) is 0 Å². The molecule has 0 bridgehead atoms. The number of nitrogens with zero attached hydrogens (tertiary/aromatic N) is 6. The zero-order valence-electron chi connectivity index (χ0n) is 34.2. The van der Waals surface area contributed by atoms with E-state index in [0.717, 1.165) is 66.1 Å². The lowest BCUT2D eigenvalue weighted by Crippen LogP contribution is -2.07. The van der Waals surface area contributed by atoms with Crippen molar-refractivity contribution in [2.24, 2.45) is 0 Å². The van der Waals surface area contributed by atoms with Crippen LogP contribution >= 0.6 is 11.3 Å². The fourth-order valence-corrected chi connectivity index (χ4v) is 11.3. The van der Waals surface area contributed by atoms with Gasteiger partial charge in [-0.1, -0.05) is 146 Å². The van der Waals surface area contributed by atoms with Gasteiger partial charge in [0.2, 0.25) is 5.95 Å². The van der Waals surface area contributed by atoms with Gasteiger partial charge < -0.3 is 9.13 Å². The molecule has 0 aliphatic rings. The van der Waals surface area contributed by atoms with Crippen molar-refractivity contribution in [2.45, 2.75) is 0 Å². The van der Waals surface area contributed by atoms with Gasteiger partial charge in [-0.05, 0) is 60.7 Å². The van der Waals surface area contributed by atoms with Crippen LogP contribution in [-0.4, -0.2) is 28.7 Å². The third-order valence-corrected chi connectivity index (χ3v) is 14.0. The van der Waals surface area contributed by atoms with Crippen LogP contribution in [0.15, 0.2) is 206 Å². The molecule has 0 saturated heterocycles. The fourth-order valence-electron chi connectivity index (χ4n) is 10.1. The van der Waals surface area contributed by atoms with Gasteiger partial charge in [-0.25, -0.2) is 4.98 Å². The van der Waals surface area contributed by atoms with E-state index in [9.17, 15) is 0 Å². The second kappa shape index (κ2) is 13.6. The van der Waals surface area contributed by atoms with Gasteiger partial charge in [0.25, 0.3) is 0 Å². The minimum atomic E-state index is 0.565. The molecule has 0 spiro atoms. The number of aromatic nitrogens is 6. The molecular weight excluding hydrogens is 801 g/mol. The molecule has 0 aliphatic carbocycles. The highest BCUT2D eigenvalue weighted by molar-refractivity contribution is 7.25. The second-order valence-corrected chi connectivity index (χ2v) is 17.5. The smallest absolute Gasteiger partial charge is 0.238 e. The first-order valence-electron chi connectivity index (χ1n) is 21.5. The van der Waals surface area contributed by atoms with E-state index in [2.05, 4.69) is 202 Å². The standard InChI is InChI=1S/C57H34N6S/c1-3-15-35(16-4-1)55-58-56(36-27-29-43-42-22-10-14-26-51(42)64-52(43)33-36)60-57(59-55)63-49-25-13-9-21-41(49)44-30-31-45-46-34-38(61-47-23-11-7-19-39(47)40-20-8-12-24-48(40)61)28-32-50(46)62(53(45)54(44)63)37-17-5-2-6-18-37/h1-34H. The maximum absolute atomic E-state index is 5.43. The van der Waals surface area contributed by atoms with E-state index < -0.39 is 0 Å². The molecule has 0 atom stereocenters. The van der Waals surface area contributed by atoms with Crippen LogP contribution in [0.25, 0.3) is 126 Å². The second-order valence-electron chi connectivity index (χ2n) is 16.4. The first-order valence-corrected chi connectivity index (χ1v) is 22.3. The third-order valence-electron chi connectivity index (χ3n) is 12.9. The average molecular weight is 835 g/mol. The normalized spacial score (nSPS) is 12.1. The Balaban J connectivity index is 1.09. The summed E-state index contributed by atoms with van der Waals surface area (Å²) in [5.41, 5.74) is 10.7. The van der Waals surface area contributed by atoms with Crippen LogP contribution in [0, 0.1) is 0 Å². The van der Waals surface area contributed by atoms with E-state index in [1.54, 1.807) is 11.3 Å². The summed E-state index contributed by atoms with van der Waals surface area (Å²) in [6.07, 6.45) is 0. The van der Waals surface area contributed by atoms with Gasteiger partial charge in [0.05, 0.1) is 33.1 Å². The Morgan fingerprint density at radius 3 is 1.53 bits per heavy atom. The zero-order chi connectivity index (χ0) is 41.9. The molecule has 14 aromatic rings. The van der Waals surface area contributed by atoms with Gasteiger partial charge in [0.15, 0.2) is 11.6 Å². The minimum Gasteiger partial charge on any atom is -0.309 e. The van der Waals surface area contributed by atoms with Crippen molar-refractivity contribution in [3.05, 3.63) is 206 Å². The highest BCUT2D eigenvalue weighted by atomic mass is 32.1. The number of fused-ring (bicyclic) bond motifs is 13. The molecule has 0 fully saturated rings. The number of hydrogen-bond acceptors (Lipinski definition) is 4. The van der Waals surface area contributed by atoms with Crippen LogP contribution in [0.3, 0.4) is 0 Å². The van der Waals surface area contributed by atoms with Gasteiger partial charge >= 0.3 is 0 Å². The molecule has 5 aromatic heterocycles. The van der Waals surface area contributed by atoms with Gasteiger partial charge in [0, 0.05) is 75.0 Å². The summed E-state index contributed by atoms with van der Waals surface area (Å²) in [4.78, 5) is 16.0. The SMILES string of the molecule is c1ccc(-c2nc(-c3ccc4c(c3)sc3ccccc34)nc(-n3c4ccccc4c4ccc5c6cc(-n7c8ccccc8c8ccccc87)ccc6n(-c6ccccc6)c5c43)n2)cc1. The summed E-state index contributed by atoms with van der Waals surface area (Å²) in [7, 11) is 0. The van der Waals surface area contributed by atoms with Crippen molar-refractivity contribution >= 4 is 96.9 Å². The first-order chi connectivity index (χ1) is 31.7. The van der Waals surface area contributed by atoms with Gasteiger partial charge in [-0.2, -0.15) is 9.97 Å². The van der Waals surface area contributed by atoms with E-state index >= 15 is 0 Å². The molecule has 9 aromatic carbocycles. The number of benzene rings is 9. The largest absolute Gasteiger partial charge is 0.309 e. The lowest BCUT2D eigenvalue weighted by molar-refractivity contribution is 0.953. The van der Waals surface area contributed by atoms with E-state index in [-0.39, 0.29) is 0 Å². The summed E-state index contributed by atoms with van der Waals surface area (Å²) in [6.45, 7) is 0. The highest BCUT2D eigenvalue weighted by Crippen LogP contribution is 2.43. The van der Waals surface area contributed by atoms with Gasteiger partial charge in [-0.3, -0.25) is 4.57 Å². The molecule has 298 valence electrons. The molecule has 14 rings (SSSR count). The third kappa shape index (κ3) is 5.10. The van der Waals surface area contributed by atoms with Crippen LogP contribution in [0.5, 0.6) is 0 Å². The van der Waals surface area contributed by atoms with Crippen molar-refractivity contribution in [1.82, 2.24) is 28.7 Å². The van der Waals surface area contributed by atoms with Crippen molar-refractivity contribution in [2.75, 3.05) is 0 Å². The molecule has 0 unspecified atom stereocenters. The zero-order valence-corrected chi connectivity index (χ0v) is 35.0. The number of thiophene rings is 1. The Morgan fingerprint density at radius 2 is 0.812 bits per heavy atom. The van der Waals surface area contributed by atoms with Crippen LogP contribution < -0.4 is 0 Å². The number of hydrogen-bond donors (Lipinski definition) is 0. The van der Waals surface area contributed by atoms with Crippen LogP contribution in [0.2, 0.25) is 0 Å². The maximum atomic E-state index is 5.43. The minimum absolute atomic E-state index is 0.565. The van der Waals surface area contributed by atoms with E-state index in [4.69, 9.17) is 15.0 Å². The number of para-hydroxylation sites is 4. The fraction of sp³-hybridized carbons (Fsp3) is 0. The Kier molecular flexibility index (Phi) is 7.46. The van der Waals surface area contributed by atoms with Gasteiger partial charge in [-0.15, -0.1) is 11.3 Å². The van der Waals surface area contributed by atoms with Crippen molar-refractivity contribution in [1.29, 1.82) is 0 Å². The van der Waals surface area contributed by atoms with Crippen LogP contribution in [0.4, 0.5) is 0 Å². The lowest BCUT2D eigenvalue weighted by atomic mass is 10.1. The average Bonchev–Trinajstić information content (AvgIpc) is 4.10. The molecule has 7 heteroatoms. The summed E-state index contributed by atoms with van der Waals surface area (Å²) in [5, 5.41) is 9.55. The summed E-state index contributed by atoms with van der Waals surface area (Å²) < 4.78 is 9.57. The quantitative estimate of drug-likeness (QED) is 0.174.